The Labute approximate surface area is 154 Å². The topological polar surface area (TPSA) is 110 Å². The van der Waals surface area contributed by atoms with Crippen LogP contribution in [-0.4, -0.2) is 38.3 Å². The lowest BCUT2D eigenvalue weighted by molar-refractivity contribution is 0.0681. The van der Waals surface area contributed by atoms with E-state index in [0.29, 0.717) is 25.9 Å². The summed E-state index contributed by atoms with van der Waals surface area (Å²) in [5, 5.41) is 17.0. The Kier molecular flexibility index (Phi) is 4.45. The SMILES string of the molecule is O=C(NCCCn1nc2c(c1C(=O)O)CCc1cnccc1-2)c1ccco1. The predicted molar refractivity (Wildman–Crippen MR) is 95.5 cm³/mol. The van der Waals surface area contributed by atoms with E-state index in [0.717, 1.165) is 28.8 Å². The van der Waals surface area contributed by atoms with Crippen LogP contribution in [0.3, 0.4) is 0 Å². The number of hydrogen-bond donors (Lipinski definition) is 2. The van der Waals surface area contributed by atoms with Crippen molar-refractivity contribution in [2.75, 3.05) is 6.54 Å². The van der Waals surface area contributed by atoms with E-state index in [1.807, 2.05) is 12.3 Å². The van der Waals surface area contributed by atoms with Gasteiger partial charge in [-0.25, -0.2) is 4.79 Å². The van der Waals surface area contributed by atoms with Crippen molar-refractivity contribution in [2.24, 2.45) is 0 Å². The average molecular weight is 366 g/mol. The van der Waals surface area contributed by atoms with Crippen molar-refractivity contribution in [3.63, 3.8) is 0 Å². The van der Waals surface area contributed by atoms with Crippen molar-refractivity contribution in [1.82, 2.24) is 20.1 Å². The van der Waals surface area contributed by atoms with Gasteiger partial charge in [0.15, 0.2) is 5.76 Å². The van der Waals surface area contributed by atoms with Crippen molar-refractivity contribution in [1.29, 1.82) is 0 Å². The van der Waals surface area contributed by atoms with Crippen molar-refractivity contribution in [3.05, 3.63) is 59.4 Å². The van der Waals surface area contributed by atoms with Crippen molar-refractivity contribution < 1.29 is 19.1 Å². The summed E-state index contributed by atoms with van der Waals surface area (Å²) >= 11 is 0. The molecule has 0 radical (unpaired) electrons. The molecule has 0 aliphatic heterocycles. The molecule has 0 unspecified atom stereocenters. The highest BCUT2D eigenvalue weighted by atomic mass is 16.4. The minimum atomic E-state index is -0.985. The van der Waals surface area contributed by atoms with Crippen LogP contribution in [0.4, 0.5) is 0 Å². The Balaban J connectivity index is 1.49. The second-order valence-electron chi connectivity index (χ2n) is 6.32. The number of amides is 1. The number of aromatic nitrogens is 3. The maximum absolute atomic E-state index is 11.9. The summed E-state index contributed by atoms with van der Waals surface area (Å²) in [5.41, 5.74) is 3.73. The van der Waals surface area contributed by atoms with Crippen LogP contribution in [0.5, 0.6) is 0 Å². The highest BCUT2D eigenvalue weighted by molar-refractivity contribution is 5.91. The molecule has 1 aliphatic carbocycles. The van der Waals surface area contributed by atoms with Gasteiger partial charge in [-0.3, -0.25) is 14.5 Å². The summed E-state index contributed by atoms with van der Waals surface area (Å²) in [6.45, 7) is 0.789. The minimum Gasteiger partial charge on any atom is -0.477 e. The zero-order valence-electron chi connectivity index (χ0n) is 14.5. The Hall–Kier alpha value is -3.42. The highest BCUT2D eigenvalue weighted by Crippen LogP contribution is 2.34. The van der Waals surface area contributed by atoms with E-state index in [2.05, 4.69) is 15.4 Å². The number of aryl methyl sites for hydroxylation is 2. The van der Waals surface area contributed by atoms with Gasteiger partial charge in [0.1, 0.15) is 5.69 Å². The van der Waals surface area contributed by atoms with Gasteiger partial charge >= 0.3 is 5.97 Å². The molecule has 0 saturated carbocycles. The first-order valence-electron chi connectivity index (χ1n) is 8.73. The maximum Gasteiger partial charge on any atom is 0.354 e. The van der Waals surface area contributed by atoms with Gasteiger partial charge in [0.25, 0.3) is 5.91 Å². The van der Waals surface area contributed by atoms with Gasteiger partial charge in [-0.2, -0.15) is 5.10 Å². The van der Waals surface area contributed by atoms with Crippen molar-refractivity contribution in [2.45, 2.75) is 25.8 Å². The van der Waals surface area contributed by atoms with Crippen molar-refractivity contribution >= 4 is 11.9 Å². The van der Waals surface area contributed by atoms with Crippen LogP contribution in [0.2, 0.25) is 0 Å². The molecule has 138 valence electrons. The largest absolute Gasteiger partial charge is 0.477 e. The van der Waals surface area contributed by atoms with E-state index in [1.165, 1.54) is 10.9 Å². The number of carboxylic acids is 1. The first kappa shape index (κ1) is 17.0. The monoisotopic (exact) mass is 366 g/mol. The number of hydrogen-bond acceptors (Lipinski definition) is 5. The number of carbonyl (C=O) groups excluding carboxylic acids is 1. The Morgan fingerprint density at radius 1 is 1.30 bits per heavy atom. The lowest BCUT2D eigenvalue weighted by Crippen LogP contribution is -2.25. The van der Waals surface area contributed by atoms with Gasteiger partial charge in [-0.1, -0.05) is 0 Å². The lowest BCUT2D eigenvalue weighted by Gasteiger charge is -2.14. The molecule has 3 aromatic rings. The predicted octanol–water partition coefficient (Wildman–Crippen LogP) is 2.15. The Bertz CT molecular complexity index is 991. The molecule has 0 fully saturated rings. The number of pyridine rings is 1. The molecule has 4 rings (SSSR count). The minimum absolute atomic E-state index is 0.227. The van der Waals surface area contributed by atoms with Gasteiger partial charge in [-0.15, -0.1) is 0 Å². The van der Waals surface area contributed by atoms with Gasteiger partial charge in [-0.05, 0) is 43.0 Å². The number of fused-ring (bicyclic) bond motifs is 3. The molecule has 1 aliphatic rings. The van der Waals surface area contributed by atoms with Crippen LogP contribution < -0.4 is 5.32 Å². The van der Waals surface area contributed by atoms with Gasteiger partial charge in [0.05, 0.1) is 12.0 Å². The third kappa shape index (κ3) is 3.21. The Morgan fingerprint density at radius 2 is 2.19 bits per heavy atom. The summed E-state index contributed by atoms with van der Waals surface area (Å²) in [4.78, 5) is 27.8. The maximum atomic E-state index is 11.9. The quantitative estimate of drug-likeness (QED) is 0.647. The number of carbonyl (C=O) groups is 2. The number of rotatable bonds is 6. The first-order valence-corrected chi connectivity index (χ1v) is 8.73. The van der Waals surface area contributed by atoms with E-state index in [-0.39, 0.29) is 17.4 Å². The van der Waals surface area contributed by atoms with Gasteiger partial charge in [0.2, 0.25) is 0 Å². The fraction of sp³-hybridized carbons (Fsp3) is 0.263. The molecule has 0 atom stereocenters. The summed E-state index contributed by atoms with van der Waals surface area (Å²) in [5.74, 6) is -1.03. The molecule has 1 amide bonds. The molecule has 0 aromatic carbocycles. The molecule has 8 nitrogen and oxygen atoms in total. The van der Waals surface area contributed by atoms with Crippen LogP contribution in [0.15, 0.2) is 41.3 Å². The van der Waals surface area contributed by atoms with Crippen molar-refractivity contribution in [3.8, 4) is 11.3 Å². The summed E-state index contributed by atoms with van der Waals surface area (Å²) in [7, 11) is 0. The van der Waals surface area contributed by atoms with E-state index in [4.69, 9.17) is 4.42 Å². The van der Waals surface area contributed by atoms with E-state index in [9.17, 15) is 14.7 Å². The highest BCUT2D eigenvalue weighted by Gasteiger charge is 2.27. The van der Waals surface area contributed by atoms with E-state index in [1.54, 1.807) is 18.3 Å². The molecule has 0 bridgehead atoms. The summed E-state index contributed by atoms with van der Waals surface area (Å²) in [6.07, 6.45) is 6.87. The van der Waals surface area contributed by atoms with Crippen LogP contribution >= 0.6 is 0 Å². The second-order valence-corrected chi connectivity index (χ2v) is 6.32. The van der Waals surface area contributed by atoms with E-state index >= 15 is 0 Å². The van der Waals surface area contributed by atoms with Gasteiger partial charge in [0, 0.05) is 36.6 Å². The normalized spacial score (nSPS) is 12.3. The zero-order valence-corrected chi connectivity index (χ0v) is 14.5. The van der Waals surface area contributed by atoms with Crippen LogP contribution in [0, 0.1) is 0 Å². The number of furan rings is 1. The van der Waals surface area contributed by atoms with Gasteiger partial charge < -0.3 is 14.8 Å². The standard InChI is InChI=1S/C19H18N4O4/c24-18(15-3-1-10-27-15)21-7-2-9-23-17(19(25)26)14-5-4-12-11-20-8-6-13(12)16(14)22-23/h1,3,6,8,10-11H,2,4-5,7,9H2,(H,21,24)(H,25,26). The molecule has 3 aromatic heterocycles. The molecule has 27 heavy (non-hydrogen) atoms. The third-order valence-electron chi connectivity index (χ3n) is 4.63. The fourth-order valence-electron chi connectivity index (χ4n) is 3.40. The molecule has 0 saturated heterocycles. The summed E-state index contributed by atoms with van der Waals surface area (Å²) < 4.78 is 6.57. The summed E-state index contributed by atoms with van der Waals surface area (Å²) in [6, 6.07) is 5.11. The zero-order chi connectivity index (χ0) is 18.8. The molecule has 2 N–H and O–H groups in total. The second kappa shape index (κ2) is 7.06. The third-order valence-corrected chi connectivity index (χ3v) is 4.63. The number of carboxylic acid groups (broad SMARTS) is 1. The van der Waals surface area contributed by atoms with E-state index < -0.39 is 5.97 Å². The Morgan fingerprint density at radius 3 is 2.96 bits per heavy atom. The number of aromatic carboxylic acids is 1. The average Bonchev–Trinajstić information content (AvgIpc) is 3.32. The van der Waals surface area contributed by atoms with Crippen LogP contribution in [0.1, 0.15) is 38.6 Å². The molecule has 3 heterocycles. The van der Waals surface area contributed by atoms with Crippen LogP contribution in [0.25, 0.3) is 11.3 Å². The first-order chi connectivity index (χ1) is 13.1. The molecular formula is C19H18N4O4. The molecule has 0 spiro atoms. The molecular weight excluding hydrogens is 348 g/mol. The smallest absolute Gasteiger partial charge is 0.354 e. The number of nitrogens with zero attached hydrogens (tertiary/aromatic N) is 3. The van der Waals surface area contributed by atoms with Crippen LogP contribution in [-0.2, 0) is 19.4 Å². The lowest BCUT2D eigenvalue weighted by atomic mass is 9.90. The fourth-order valence-corrected chi connectivity index (χ4v) is 3.40. The number of nitrogens with one attached hydrogen (secondary N) is 1. The molecule has 8 heteroatoms.